The van der Waals surface area contributed by atoms with Gasteiger partial charge in [-0.15, -0.1) is 0 Å². The van der Waals surface area contributed by atoms with Crippen LogP contribution in [-0.2, 0) is 23.9 Å². The first-order valence-electron chi connectivity index (χ1n) is 14.7. The zero-order valence-electron chi connectivity index (χ0n) is 26.0. The molecule has 4 amide bonds. The Bertz CT molecular complexity index is 1190. The third-order valence-electron chi connectivity index (χ3n) is 6.96. The number of hydrogen-bond acceptors (Lipinski definition) is 8. The quantitative estimate of drug-likeness (QED) is 0.318. The molecule has 2 aliphatic rings. The molecule has 1 aromatic rings. The van der Waals surface area contributed by atoms with Crippen molar-refractivity contribution in [2.75, 3.05) is 6.54 Å². The van der Waals surface area contributed by atoms with Gasteiger partial charge in [-0.2, -0.15) is 0 Å². The number of rotatable bonds is 11. The molecule has 12 nitrogen and oxygen atoms in total. The lowest BCUT2D eigenvalue weighted by molar-refractivity contribution is -0.144. The fourth-order valence-electron chi connectivity index (χ4n) is 4.69. The Labute approximate surface area is 258 Å². The van der Waals surface area contributed by atoms with E-state index in [1.807, 2.05) is 6.92 Å². The molecule has 0 aromatic carbocycles. The summed E-state index contributed by atoms with van der Waals surface area (Å²) in [6.45, 7) is 12.4. The van der Waals surface area contributed by atoms with Gasteiger partial charge >= 0.3 is 6.09 Å². The number of alkyl carbamates (subject to hydrolysis) is 1. The minimum Gasteiger partial charge on any atom is -0.472 e. The number of Topliss-reactive ketones (excluding diaryl/α,β-unsaturated/α-hetero) is 1. The highest BCUT2D eigenvalue weighted by atomic mass is 35.5. The second-order valence-corrected chi connectivity index (χ2v) is 13.6. The monoisotopic (exact) mass is 621 g/mol. The lowest BCUT2D eigenvalue weighted by Gasteiger charge is -2.35. The van der Waals surface area contributed by atoms with Gasteiger partial charge in [0.1, 0.15) is 23.8 Å². The fourth-order valence-corrected chi connectivity index (χ4v) is 4.80. The molecule has 0 bridgehead atoms. The molecular formula is C30H44ClN5O7. The summed E-state index contributed by atoms with van der Waals surface area (Å²) in [6, 6.07) is 0.0300. The number of carbonyl (C=O) groups is 5. The minimum atomic E-state index is -1.05. The van der Waals surface area contributed by atoms with Crippen molar-refractivity contribution in [3.8, 4) is 5.88 Å². The highest BCUT2D eigenvalue weighted by molar-refractivity contribution is 6.38. The standard InChI is InChI=1S/C30H44ClN5O7/c1-8-9-20(23(37)26(39)33-18-11-12-18)34-25(38)21-14-19(42-22-13-10-17(31)15-32-22)16-36(21)27(40)24(29(2,3)4)35-28(41)43-30(5,6)7/h10,13,15,18-21,24H,8-9,11-12,14,16H2,1-7H3,(H,33,39)(H,34,38)(H,35,41)/t19-,20+,21+,24-/m1/s1. The van der Waals surface area contributed by atoms with Gasteiger partial charge in [0.15, 0.2) is 0 Å². The maximum absolute atomic E-state index is 14.1. The van der Waals surface area contributed by atoms with Crippen molar-refractivity contribution in [2.24, 2.45) is 5.41 Å². The zero-order valence-corrected chi connectivity index (χ0v) is 26.7. The maximum Gasteiger partial charge on any atom is 0.408 e. The topological polar surface area (TPSA) is 156 Å². The third kappa shape index (κ3) is 10.1. The van der Waals surface area contributed by atoms with Crippen LogP contribution in [0.25, 0.3) is 0 Å². The van der Waals surface area contributed by atoms with Crippen LogP contribution in [0.3, 0.4) is 0 Å². The van der Waals surface area contributed by atoms with Gasteiger partial charge in [0, 0.05) is 24.7 Å². The average Bonchev–Trinajstić information content (AvgIpc) is 3.61. The highest BCUT2D eigenvalue weighted by Gasteiger charge is 2.47. The predicted octanol–water partition coefficient (Wildman–Crippen LogP) is 3.16. The molecular weight excluding hydrogens is 578 g/mol. The second kappa shape index (κ2) is 13.9. The van der Waals surface area contributed by atoms with E-state index in [-0.39, 0.29) is 31.3 Å². The van der Waals surface area contributed by atoms with E-state index in [1.54, 1.807) is 53.7 Å². The first kappa shape index (κ1) is 34.1. The smallest absolute Gasteiger partial charge is 0.408 e. The summed E-state index contributed by atoms with van der Waals surface area (Å²) in [5.74, 6) is -2.31. The van der Waals surface area contributed by atoms with Gasteiger partial charge in [-0.25, -0.2) is 9.78 Å². The second-order valence-electron chi connectivity index (χ2n) is 13.2. The number of pyridine rings is 1. The van der Waals surface area contributed by atoms with Crippen LogP contribution in [0.2, 0.25) is 5.02 Å². The largest absolute Gasteiger partial charge is 0.472 e. The van der Waals surface area contributed by atoms with E-state index in [0.717, 1.165) is 12.8 Å². The Hall–Kier alpha value is -3.41. The molecule has 238 valence electrons. The van der Waals surface area contributed by atoms with E-state index in [1.165, 1.54) is 11.1 Å². The normalized spacial score (nSPS) is 20.0. The molecule has 0 radical (unpaired) electrons. The zero-order chi connectivity index (χ0) is 32.1. The molecule has 0 spiro atoms. The van der Waals surface area contributed by atoms with Crippen LogP contribution >= 0.6 is 11.6 Å². The van der Waals surface area contributed by atoms with Crippen LogP contribution in [0.15, 0.2) is 18.3 Å². The molecule has 0 unspecified atom stereocenters. The number of ketones is 1. The van der Waals surface area contributed by atoms with E-state index in [0.29, 0.717) is 11.4 Å². The number of ether oxygens (including phenoxy) is 2. The fraction of sp³-hybridized carbons (Fsp3) is 0.667. The van der Waals surface area contributed by atoms with Crippen molar-refractivity contribution in [1.82, 2.24) is 25.8 Å². The Morgan fingerprint density at radius 2 is 1.74 bits per heavy atom. The summed E-state index contributed by atoms with van der Waals surface area (Å²) in [5.41, 5.74) is -1.55. The molecule has 2 fully saturated rings. The van der Waals surface area contributed by atoms with Crippen molar-refractivity contribution < 1.29 is 33.4 Å². The lowest BCUT2D eigenvalue weighted by atomic mass is 9.85. The Morgan fingerprint density at radius 3 is 2.28 bits per heavy atom. The van der Waals surface area contributed by atoms with E-state index in [2.05, 4.69) is 20.9 Å². The Morgan fingerprint density at radius 1 is 1.07 bits per heavy atom. The molecule has 3 rings (SSSR count). The number of nitrogens with one attached hydrogen (secondary N) is 3. The SMILES string of the molecule is CCC[C@H](NC(=O)[C@@H]1C[C@@H](Oc2ccc(Cl)cn2)CN1C(=O)[C@@H](NC(=O)OC(C)(C)C)C(C)(C)C)C(=O)C(=O)NC1CC1. The third-order valence-corrected chi connectivity index (χ3v) is 7.18. The van der Waals surface area contributed by atoms with Crippen LogP contribution in [0.1, 0.15) is 80.6 Å². The number of amides is 4. The highest BCUT2D eigenvalue weighted by Crippen LogP contribution is 2.29. The summed E-state index contributed by atoms with van der Waals surface area (Å²) in [6.07, 6.45) is 2.55. The van der Waals surface area contributed by atoms with Crippen LogP contribution in [-0.4, -0.2) is 81.9 Å². The predicted molar refractivity (Wildman–Crippen MR) is 159 cm³/mol. The molecule has 1 aliphatic carbocycles. The summed E-state index contributed by atoms with van der Waals surface area (Å²) >= 11 is 5.95. The molecule has 1 aliphatic heterocycles. The first-order chi connectivity index (χ1) is 20.0. The van der Waals surface area contributed by atoms with Gasteiger partial charge < -0.3 is 30.3 Å². The van der Waals surface area contributed by atoms with E-state index in [9.17, 15) is 24.0 Å². The van der Waals surface area contributed by atoms with Gasteiger partial charge in [-0.1, -0.05) is 45.7 Å². The van der Waals surface area contributed by atoms with Gasteiger partial charge in [0.25, 0.3) is 5.91 Å². The molecule has 1 saturated carbocycles. The van der Waals surface area contributed by atoms with Crippen molar-refractivity contribution >= 4 is 41.2 Å². The van der Waals surface area contributed by atoms with Gasteiger partial charge in [-0.3, -0.25) is 19.2 Å². The number of hydrogen-bond donors (Lipinski definition) is 3. The van der Waals surface area contributed by atoms with Crippen molar-refractivity contribution in [1.29, 1.82) is 0 Å². The Balaban J connectivity index is 1.86. The first-order valence-corrected chi connectivity index (χ1v) is 15.1. The van der Waals surface area contributed by atoms with Crippen LogP contribution in [0, 0.1) is 5.41 Å². The number of carbonyl (C=O) groups excluding carboxylic acids is 5. The van der Waals surface area contributed by atoms with Crippen LogP contribution < -0.4 is 20.7 Å². The maximum atomic E-state index is 14.1. The summed E-state index contributed by atoms with van der Waals surface area (Å²) in [4.78, 5) is 71.5. The van der Waals surface area contributed by atoms with Crippen molar-refractivity contribution in [3.05, 3.63) is 23.4 Å². The molecule has 1 aromatic heterocycles. The van der Waals surface area contributed by atoms with Crippen molar-refractivity contribution in [2.45, 2.75) is 116 Å². The molecule has 2 heterocycles. The molecule has 43 heavy (non-hydrogen) atoms. The van der Waals surface area contributed by atoms with Gasteiger partial charge in [0.05, 0.1) is 17.6 Å². The molecule has 3 N–H and O–H groups in total. The molecule has 4 atom stereocenters. The minimum absolute atomic E-state index is 0.0106. The summed E-state index contributed by atoms with van der Waals surface area (Å²) in [7, 11) is 0. The average molecular weight is 622 g/mol. The molecule has 1 saturated heterocycles. The van der Waals surface area contributed by atoms with Crippen LogP contribution in [0.4, 0.5) is 4.79 Å². The summed E-state index contributed by atoms with van der Waals surface area (Å²) in [5, 5.41) is 8.49. The number of nitrogens with zero attached hydrogens (tertiary/aromatic N) is 2. The number of likely N-dealkylation sites (tertiary alicyclic amines) is 1. The van der Waals surface area contributed by atoms with E-state index < -0.39 is 64.8 Å². The summed E-state index contributed by atoms with van der Waals surface area (Å²) < 4.78 is 11.4. The Kier molecular flexibility index (Phi) is 11.0. The van der Waals surface area contributed by atoms with Gasteiger partial charge in [0.2, 0.25) is 23.5 Å². The van der Waals surface area contributed by atoms with Crippen molar-refractivity contribution in [3.63, 3.8) is 0 Å². The lowest BCUT2D eigenvalue weighted by Crippen LogP contribution is -2.59. The number of halogens is 1. The van der Waals surface area contributed by atoms with E-state index >= 15 is 0 Å². The number of aromatic nitrogens is 1. The van der Waals surface area contributed by atoms with Crippen LogP contribution in [0.5, 0.6) is 5.88 Å². The van der Waals surface area contributed by atoms with Gasteiger partial charge in [-0.05, 0) is 51.5 Å². The van der Waals surface area contributed by atoms with E-state index in [4.69, 9.17) is 21.1 Å². The molecule has 13 heteroatoms.